The molecule has 0 atom stereocenters. The molecule has 11 nitrogen and oxygen atoms in total. The number of aryl methyl sites for hydroxylation is 1. The van der Waals surface area contributed by atoms with Gasteiger partial charge in [-0.3, -0.25) is 20.2 Å². The molecule has 0 spiro atoms. The van der Waals surface area contributed by atoms with Crippen LogP contribution in [0.3, 0.4) is 0 Å². The van der Waals surface area contributed by atoms with Gasteiger partial charge in [-0.2, -0.15) is 0 Å². The van der Waals surface area contributed by atoms with Gasteiger partial charge in [-0.25, -0.2) is 14.6 Å². The van der Waals surface area contributed by atoms with E-state index in [-0.39, 0.29) is 17.5 Å². The van der Waals surface area contributed by atoms with Gasteiger partial charge in [0.15, 0.2) is 5.69 Å². The molecule has 0 saturated heterocycles. The predicted octanol–water partition coefficient (Wildman–Crippen LogP) is 0.290. The summed E-state index contributed by atoms with van der Waals surface area (Å²) in [5.74, 6) is -2.82. The van der Waals surface area contributed by atoms with Gasteiger partial charge in [0.25, 0.3) is 0 Å². The molecule has 1 aromatic rings. The van der Waals surface area contributed by atoms with Crippen molar-refractivity contribution in [1.82, 2.24) is 4.98 Å². The van der Waals surface area contributed by atoms with Crippen molar-refractivity contribution in [3.05, 3.63) is 49.3 Å². The molecule has 0 radical (unpaired) electrons. The molecule has 0 fully saturated rings. The molecular formula is C10H9N3O8. The Labute approximate surface area is 116 Å². The molecule has 2 N–H and O–H groups in total. The summed E-state index contributed by atoms with van der Waals surface area (Å²) in [5.41, 5.74) is -0.921. The quantitative estimate of drug-likeness (QED) is 0.407. The number of carboxylic acid groups (broad SMARTS) is 2. The third-order valence-electron chi connectivity index (χ3n) is 2.57. The normalized spacial score (nSPS) is 10.3. The fourth-order valence-electron chi connectivity index (χ4n) is 1.58. The van der Waals surface area contributed by atoms with E-state index in [1.807, 2.05) is 0 Å². The number of aromatic nitrogens is 1. The zero-order valence-electron chi connectivity index (χ0n) is 10.3. The lowest BCUT2D eigenvalue weighted by atomic mass is 10.0. The number of carboxylic acids is 2. The first-order valence-electron chi connectivity index (χ1n) is 5.46. The van der Waals surface area contributed by atoms with Crippen LogP contribution in [0.4, 0.5) is 0 Å². The maximum atomic E-state index is 10.9. The molecule has 1 aromatic heterocycles. The second kappa shape index (κ2) is 6.36. The SMILES string of the molecule is O=C(O)c1cnc(C(=O)O)c(CCC([N+](=O)[O-])[N+](=O)[O-])c1. The molecule has 0 aromatic carbocycles. The van der Waals surface area contributed by atoms with E-state index in [9.17, 15) is 29.8 Å². The van der Waals surface area contributed by atoms with Crippen LogP contribution < -0.4 is 0 Å². The Morgan fingerprint density at radius 2 is 1.76 bits per heavy atom. The largest absolute Gasteiger partial charge is 0.478 e. The van der Waals surface area contributed by atoms with Crippen molar-refractivity contribution in [1.29, 1.82) is 0 Å². The first-order chi connectivity index (χ1) is 9.73. The van der Waals surface area contributed by atoms with Gasteiger partial charge in [-0.15, -0.1) is 0 Å². The number of nitrogens with zero attached hydrogens (tertiary/aromatic N) is 3. The minimum absolute atomic E-state index is 0.115. The third kappa shape index (κ3) is 3.92. The van der Waals surface area contributed by atoms with Crippen LogP contribution in [0.2, 0.25) is 0 Å². The fraction of sp³-hybridized carbons (Fsp3) is 0.300. The number of rotatable bonds is 7. The van der Waals surface area contributed by atoms with Crippen molar-refractivity contribution in [3.8, 4) is 0 Å². The molecule has 0 bridgehead atoms. The lowest BCUT2D eigenvalue weighted by Crippen LogP contribution is -2.29. The summed E-state index contributed by atoms with van der Waals surface area (Å²) >= 11 is 0. The first kappa shape index (κ1) is 15.9. The van der Waals surface area contributed by atoms with E-state index in [4.69, 9.17) is 10.2 Å². The van der Waals surface area contributed by atoms with Crippen molar-refractivity contribution < 1.29 is 29.6 Å². The summed E-state index contributed by atoms with van der Waals surface area (Å²) < 4.78 is 0. The third-order valence-corrected chi connectivity index (χ3v) is 2.57. The molecule has 0 aliphatic heterocycles. The Morgan fingerprint density at radius 1 is 1.19 bits per heavy atom. The van der Waals surface area contributed by atoms with E-state index in [0.29, 0.717) is 0 Å². The topological polar surface area (TPSA) is 174 Å². The molecule has 0 amide bonds. The van der Waals surface area contributed by atoms with Crippen molar-refractivity contribution in [3.63, 3.8) is 0 Å². The number of pyridine rings is 1. The minimum atomic E-state index is -2.10. The monoisotopic (exact) mass is 299 g/mol. The average molecular weight is 299 g/mol. The predicted molar refractivity (Wildman–Crippen MR) is 64.3 cm³/mol. The molecule has 0 aliphatic carbocycles. The van der Waals surface area contributed by atoms with Gasteiger partial charge in [0.2, 0.25) is 0 Å². The van der Waals surface area contributed by atoms with Crippen LogP contribution in [0.15, 0.2) is 12.3 Å². The maximum absolute atomic E-state index is 10.9. The molecular weight excluding hydrogens is 290 g/mol. The Balaban J connectivity index is 3.07. The van der Waals surface area contributed by atoms with E-state index >= 15 is 0 Å². The van der Waals surface area contributed by atoms with Crippen LogP contribution >= 0.6 is 0 Å². The van der Waals surface area contributed by atoms with Gasteiger partial charge < -0.3 is 10.2 Å². The van der Waals surface area contributed by atoms with Crippen molar-refractivity contribution >= 4 is 11.9 Å². The standard InChI is InChI=1S/C10H9N3O8/c14-9(15)6-3-5(8(10(16)17)11-4-6)1-2-7(12(18)19)13(20)21/h3-4,7H,1-2H2,(H,14,15)(H,16,17). The van der Waals surface area contributed by atoms with Gasteiger partial charge in [0.05, 0.1) is 21.8 Å². The number of hydrogen-bond donors (Lipinski definition) is 2. The van der Waals surface area contributed by atoms with E-state index < -0.39 is 40.1 Å². The molecule has 1 rings (SSSR count). The van der Waals surface area contributed by atoms with E-state index in [2.05, 4.69) is 4.98 Å². The van der Waals surface area contributed by atoms with Crippen LogP contribution in [0.5, 0.6) is 0 Å². The summed E-state index contributed by atoms with van der Waals surface area (Å²) in [4.78, 5) is 44.0. The summed E-state index contributed by atoms with van der Waals surface area (Å²) in [7, 11) is 0. The minimum Gasteiger partial charge on any atom is -0.478 e. The van der Waals surface area contributed by atoms with Crippen molar-refractivity contribution in [2.75, 3.05) is 0 Å². The molecule has 0 aliphatic rings. The fourth-order valence-corrected chi connectivity index (χ4v) is 1.58. The summed E-state index contributed by atoms with van der Waals surface area (Å²) in [6.07, 6.45) is -2.21. The molecule has 11 heteroatoms. The summed E-state index contributed by atoms with van der Waals surface area (Å²) in [6.45, 7) is 0. The number of aromatic carboxylic acids is 2. The van der Waals surface area contributed by atoms with Gasteiger partial charge in [-0.1, -0.05) is 0 Å². The Hall–Kier alpha value is -3.11. The second-order valence-electron chi connectivity index (χ2n) is 3.93. The van der Waals surface area contributed by atoms with Crippen molar-refractivity contribution in [2.24, 2.45) is 0 Å². The summed E-state index contributed by atoms with van der Waals surface area (Å²) in [6, 6.07) is 0.982. The van der Waals surface area contributed by atoms with Crippen molar-refractivity contribution in [2.45, 2.75) is 19.0 Å². The highest BCUT2D eigenvalue weighted by atomic mass is 16.7. The number of nitro groups is 2. The van der Waals surface area contributed by atoms with Gasteiger partial charge in [0.1, 0.15) is 0 Å². The van der Waals surface area contributed by atoms with Gasteiger partial charge in [0, 0.05) is 6.20 Å². The summed E-state index contributed by atoms with van der Waals surface area (Å²) in [5, 5.41) is 38.7. The Bertz CT molecular complexity index is 600. The molecule has 0 saturated carbocycles. The Morgan fingerprint density at radius 3 is 2.19 bits per heavy atom. The number of carbonyl (C=O) groups is 2. The maximum Gasteiger partial charge on any atom is 0.451 e. The molecule has 1 heterocycles. The molecule has 21 heavy (non-hydrogen) atoms. The van der Waals surface area contributed by atoms with Crippen LogP contribution in [0.25, 0.3) is 0 Å². The zero-order valence-corrected chi connectivity index (χ0v) is 10.3. The zero-order chi connectivity index (χ0) is 16.2. The highest BCUT2D eigenvalue weighted by molar-refractivity contribution is 5.91. The lowest BCUT2D eigenvalue weighted by molar-refractivity contribution is -0.742. The Kier molecular flexibility index (Phi) is 4.83. The van der Waals surface area contributed by atoms with E-state index in [1.54, 1.807) is 0 Å². The lowest BCUT2D eigenvalue weighted by Gasteiger charge is -2.06. The van der Waals surface area contributed by atoms with Crippen LogP contribution in [0.1, 0.15) is 32.8 Å². The van der Waals surface area contributed by atoms with E-state index in [0.717, 1.165) is 12.3 Å². The smallest absolute Gasteiger partial charge is 0.451 e. The average Bonchev–Trinajstić information content (AvgIpc) is 2.37. The first-order valence-corrected chi connectivity index (χ1v) is 5.46. The van der Waals surface area contributed by atoms with E-state index in [1.165, 1.54) is 0 Å². The van der Waals surface area contributed by atoms with Crippen LogP contribution in [-0.2, 0) is 6.42 Å². The van der Waals surface area contributed by atoms with Crippen LogP contribution in [0, 0.1) is 20.2 Å². The molecule has 0 unspecified atom stereocenters. The number of hydrogen-bond acceptors (Lipinski definition) is 7. The van der Waals surface area contributed by atoms with Gasteiger partial charge in [-0.05, 0) is 18.1 Å². The highest BCUT2D eigenvalue weighted by Crippen LogP contribution is 2.14. The molecule has 112 valence electrons. The van der Waals surface area contributed by atoms with Crippen LogP contribution in [-0.4, -0.2) is 43.1 Å². The van der Waals surface area contributed by atoms with Gasteiger partial charge >= 0.3 is 18.1 Å². The second-order valence-corrected chi connectivity index (χ2v) is 3.93. The highest BCUT2D eigenvalue weighted by Gasteiger charge is 2.32.